The van der Waals surface area contributed by atoms with Gasteiger partial charge in [0.15, 0.2) is 17.2 Å². The van der Waals surface area contributed by atoms with Crippen molar-refractivity contribution >= 4 is 17.1 Å². The van der Waals surface area contributed by atoms with Gasteiger partial charge in [0.05, 0.1) is 0 Å². The molecule has 0 bridgehead atoms. The van der Waals surface area contributed by atoms with Crippen molar-refractivity contribution in [1.82, 2.24) is 9.97 Å². The summed E-state index contributed by atoms with van der Waals surface area (Å²) in [7, 11) is 0. The molecule has 0 spiro atoms. The second-order valence-electron chi connectivity index (χ2n) is 4.30. The number of fused-ring (bicyclic) bond motifs is 1. The Bertz CT molecular complexity index is 750. The van der Waals surface area contributed by atoms with Crippen LogP contribution >= 0.6 is 0 Å². The molecule has 20 heavy (non-hydrogen) atoms. The highest BCUT2D eigenvalue weighted by Gasteiger charge is 2.17. The summed E-state index contributed by atoms with van der Waals surface area (Å²) < 4.78 is 10.6. The minimum atomic E-state index is -0.507. The average Bonchev–Trinajstić information content (AvgIpc) is 2.85. The van der Waals surface area contributed by atoms with Gasteiger partial charge in [-0.05, 0) is 5.56 Å². The summed E-state index contributed by atoms with van der Waals surface area (Å²) in [6, 6.07) is 11.1. The van der Waals surface area contributed by atoms with E-state index in [1.165, 1.54) is 6.20 Å². The van der Waals surface area contributed by atoms with E-state index in [-0.39, 0.29) is 12.3 Å². The highest BCUT2D eigenvalue weighted by Crippen LogP contribution is 2.18. The number of aryl methyl sites for hydroxylation is 1. The van der Waals surface area contributed by atoms with Gasteiger partial charge in [-0.2, -0.15) is 0 Å². The topological polar surface area (TPSA) is 65.2 Å². The summed E-state index contributed by atoms with van der Waals surface area (Å²) in [6.07, 6.45) is 1.51. The molecule has 0 aliphatic heterocycles. The van der Waals surface area contributed by atoms with Crippen molar-refractivity contribution in [3.8, 4) is 0 Å². The molecule has 0 aliphatic rings. The van der Waals surface area contributed by atoms with Gasteiger partial charge < -0.3 is 9.15 Å². The summed E-state index contributed by atoms with van der Waals surface area (Å²) in [6.45, 7) is 1.92. The molecule has 2 aromatic heterocycles. The third-order valence-corrected chi connectivity index (χ3v) is 2.82. The number of hydrogen-bond acceptors (Lipinski definition) is 5. The lowest BCUT2D eigenvalue weighted by atomic mass is 10.2. The molecule has 0 atom stereocenters. The molecule has 3 rings (SSSR count). The number of carbonyl (C=O) groups is 1. The maximum Gasteiger partial charge on any atom is 0.359 e. The van der Waals surface area contributed by atoms with Crippen molar-refractivity contribution in [2.45, 2.75) is 13.5 Å². The standard InChI is InChI=1S/C15H12N2O3/c1-10-17-13-12(20-10)7-8-16-14(13)15(18)19-9-11-5-3-2-4-6-11/h2-8H,9H2,1H3. The largest absolute Gasteiger partial charge is 0.456 e. The van der Waals surface area contributed by atoms with Crippen LogP contribution < -0.4 is 0 Å². The monoisotopic (exact) mass is 268 g/mol. The summed E-state index contributed by atoms with van der Waals surface area (Å²) in [5.74, 6) is -0.0159. The van der Waals surface area contributed by atoms with Gasteiger partial charge in [0.25, 0.3) is 0 Å². The zero-order valence-corrected chi connectivity index (χ0v) is 10.9. The van der Waals surface area contributed by atoms with Gasteiger partial charge in [-0.15, -0.1) is 0 Å². The molecule has 0 saturated carbocycles. The zero-order chi connectivity index (χ0) is 13.9. The number of oxazole rings is 1. The van der Waals surface area contributed by atoms with Crippen molar-refractivity contribution in [3.05, 3.63) is 59.7 Å². The Hall–Kier alpha value is -2.69. The second-order valence-corrected chi connectivity index (χ2v) is 4.30. The Labute approximate surface area is 115 Å². The molecule has 0 unspecified atom stereocenters. The number of carbonyl (C=O) groups excluding carboxylic acids is 1. The van der Waals surface area contributed by atoms with E-state index in [1.54, 1.807) is 13.0 Å². The van der Waals surface area contributed by atoms with Crippen LogP contribution in [0.5, 0.6) is 0 Å². The van der Waals surface area contributed by atoms with Crippen LogP contribution in [0.3, 0.4) is 0 Å². The van der Waals surface area contributed by atoms with Gasteiger partial charge in [0.2, 0.25) is 0 Å². The van der Waals surface area contributed by atoms with Crippen LogP contribution in [0.15, 0.2) is 47.0 Å². The number of benzene rings is 1. The Morgan fingerprint density at radius 3 is 2.85 bits per heavy atom. The third-order valence-electron chi connectivity index (χ3n) is 2.82. The van der Waals surface area contributed by atoms with Crippen LogP contribution in [-0.2, 0) is 11.3 Å². The summed E-state index contributed by atoms with van der Waals surface area (Å²) >= 11 is 0. The van der Waals surface area contributed by atoms with Gasteiger partial charge in [0, 0.05) is 19.2 Å². The fraction of sp³-hybridized carbons (Fsp3) is 0.133. The van der Waals surface area contributed by atoms with Crippen molar-refractivity contribution in [1.29, 1.82) is 0 Å². The Balaban J connectivity index is 1.82. The van der Waals surface area contributed by atoms with Crippen LogP contribution in [0.4, 0.5) is 0 Å². The van der Waals surface area contributed by atoms with Crippen molar-refractivity contribution in [3.63, 3.8) is 0 Å². The zero-order valence-electron chi connectivity index (χ0n) is 10.9. The van der Waals surface area contributed by atoms with Crippen molar-refractivity contribution in [2.75, 3.05) is 0 Å². The molecule has 0 saturated heterocycles. The minimum absolute atomic E-state index is 0.176. The highest BCUT2D eigenvalue weighted by molar-refractivity contribution is 5.99. The van der Waals surface area contributed by atoms with E-state index in [2.05, 4.69) is 9.97 Å². The van der Waals surface area contributed by atoms with E-state index in [4.69, 9.17) is 9.15 Å². The summed E-state index contributed by atoms with van der Waals surface area (Å²) in [5.41, 5.74) is 2.06. The van der Waals surface area contributed by atoms with Crippen molar-refractivity contribution < 1.29 is 13.9 Å². The maximum atomic E-state index is 12.1. The number of nitrogens with zero attached hydrogens (tertiary/aromatic N) is 2. The number of hydrogen-bond donors (Lipinski definition) is 0. The SMILES string of the molecule is Cc1nc2c(C(=O)OCc3ccccc3)nccc2o1. The fourth-order valence-electron chi connectivity index (χ4n) is 1.91. The highest BCUT2D eigenvalue weighted by atomic mass is 16.5. The van der Waals surface area contributed by atoms with Crippen LogP contribution in [0.2, 0.25) is 0 Å². The molecular formula is C15H12N2O3. The van der Waals surface area contributed by atoms with E-state index < -0.39 is 5.97 Å². The first-order valence-corrected chi connectivity index (χ1v) is 6.17. The molecule has 0 amide bonds. The number of ether oxygens (including phenoxy) is 1. The molecule has 0 fully saturated rings. The number of aromatic nitrogens is 2. The lowest BCUT2D eigenvalue weighted by Gasteiger charge is -2.04. The minimum Gasteiger partial charge on any atom is -0.456 e. The van der Waals surface area contributed by atoms with Crippen LogP contribution in [0.1, 0.15) is 21.9 Å². The lowest BCUT2D eigenvalue weighted by Crippen LogP contribution is -2.08. The summed E-state index contributed by atoms with van der Waals surface area (Å²) in [4.78, 5) is 20.3. The van der Waals surface area contributed by atoms with Gasteiger partial charge >= 0.3 is 5.97 Å². The van der Waals surface area contributed by atoms with E-state index in [0.717, 1.165) is 5.56 Å². The third kappa shape index (κ3) is 2.38. The molecular weight excluding hydrogens is 256 g/mol. The number of pyridine rings is 1. The van der Waals surface area contributed by atoms with E-state index in [1.807, 2.05) is 30.3 Å². The van der Waals surface area contributed by atoms with Gasteiger partial charge in [-0.25, -0.2) is 14.8 Å². The second kappa shape index (κ2) is 5.13. The number of esters is 1. The van der Waals surface area contributed by atoms with Crippen LogP contribution in [0, 0.1) is 6.92 Å². The first kappa shape index (κ1) is 12.3. The molecule has 5 nitrogen and oxygen atoms in total. The summed E-state index contributed by atoms with van der Waals surface area (Å²) in [5, 5.41) is 0. The predicted octanol–water partition coefficient (Wildman–Crippen LogP) is 2.89. The van der Waals surface area contributed by atoms with E-state index in [9.17, 15) is 4.79 Å². The van der Waals surface area contributed by atoms with Gasteiger partial charge in [-0.1, -0.05) is 30.3 Å². The molecule has 3 aromatic rings. The normalized spacial score (nSPS) is 10.7. The first-order chi connectivity index (χ1) is 9.74. The first-order valence-electron chi connectivity index (χ1n) is 6.17. The maximum absolute atomic E-state index is 12.1. The Kier molecular flexibility index (Phi) is 3.16. The Morgan fingerprint density at radius 1 is 1.25 bits per heavy atom. The molecule has 0 N–H and O–H groups in total. The van der Waals surface area contributed by atoms with E-state index >= 15 is 0 Å². The Morgan fingerprint density at radius 2 is 2.05 bits per heavy atom. The van der Waals surface area contributed by atoms with Crippen LogP contribution in [0.25, 0.3) is 11.1 Å². The predicted molar refractivity (Wildman–Crippen MR) is 72.1 cm³/mol. The molecule has 0 radical (unpaired) electrons. The fourth-order valence-corrected chi connectivity index (χ4v) is 1.91. The van der Waals surface area contributed by atoms with Crippen molar-refractivity contribution in [2.24, 2.45) is 0 Å². The average molecular weight is 268 g/mol. The van der Waals surface area contributed by atoms with Crippen LogP contribution in [-0.4, -0.2) is 15.9 Å². The smallest absolute Gasteiger partial charge is 0.359 e. The molecule has 100 valence electrons. The molecule has 0 aliphatic carbocycles. The molecule has 2 heterocycles. The molecule has 1 aromatic carbocycles. The molecule has 5 heteroatoms. The quantitative estimate of drug-likeness (QED) is 0.683. The van der Waals surface area contributed by atoms with Gasteiger partial charge in [0.1, 0.15) is 12.1 Å². The lowest BCUT2D eigenvalue weighted by molar-refractivity contribution is 0.0468. The van der Waals surface area contributed by atoms with Gasteiger partial charge in [-0.3, -0.25) is 0 Å². The van der Waals surface area contributed by atoms with E-state index in [0.29, 0.717) is 17.0 Å². The number of rotatable bonds is 3.